The molecule has 0 radical (unpaired) electrons. The lowest BCUT2D eigenvalue weighted by Crippen LogP contribution is -2.47. The van der Waals surface area contributed by atoms with Gasteiger partial charge in [-0.05, 0) is 47.2 Å². The molecule has 3 heterocycles. The summed E-state index contributed by atoms with van der Waals surface area (Å²) in [5.41, 5.74) is 0.252. The molecule has 1 amide bonds. The number of ether oxygens (including phenoxy) is 1. The van der Waals surface area contributed by atoms with E-state index >= 15 is 0 Å². The molecule has 0 spiro atoms. The van der Waals surface area contributed by atoms with E-state index in [0.29, 0.717) is 23.5 Å². The molecule has 0 bridgehead atoms. The van der Waals surface area contributed by atoms with Gasteiger partial charge in [0.05, 0.1) is 6.33 Å². The summed E-state index contributed by atoms with van der Waals surface area (Å²) in [6.07, 6.45) is -0.854. The monoisotopic (exact) mass is 524 g/mol. The molecule has 4 atom stereocenters. The molecule has 4 rings (SSSR count). The number of anilines is 1. The van der Waals surface area contributed by atoms with Crippen molar-refractivity contribution >= 4 is 45.5 Å². The van der Waals surface area contributed by atoms with Crippen molar-refractivity contribution in [1.29, 1.82) is 0 Å². The molecular weight excluding hydrogens is 503 g/mol. The van der Waals surface area contributed by atoms with Crippen molar-refractivity contribution in [2.45, 2.75) is 37.5 Å². The van der Waals surface area contributed by atoms with Crippen molar-refractivity contribution < 1.29 is 19.7 Å². The number of hydrogen-bond acceptors (Lipinski definition) is 8. The van der Waals surface area contributed by atoms with Gasteiger partial charge in [-0.2, -0.15) is 0 Å². The van der Waals surface area contributed by atoms with Gasteiger partial charge in [0, 0.05) is 17.2 Å². The third-order valence-corrected chi connectivity index (χ3v) is 5.80. The standard InChI is InChI=1S/C19H21IN6O4/c1-19(29)14(27)13(17(28)21-2)30-18(19)26-9-25-12-15(23-8-24-16(12)26)22-7-10-4-3-5-11(20)6-10/h3-6,8-9,13-14,18,27,29H,7H2,1-2H3,(H,21,28)(H,22,23,24)/t13-,14+,18+,19+/m0/s1. The highest BCUT2D eigenvalue weighted by molar-refractivity contribution is 14.1. The first kappa shape index (κ1) is 20.9. The zero-order chi connectivity index (χ0) is 21.5. The minimum Gasteiger partial charge on any atom is -0.387 e. The number of hydrogen-bond donors (Lipinski definition) is 4. The lowest BCUT2D eigenvalue weighted by Gasteiger charge is -2.27. The first-order chi connectivity index (χ1) is 14.3. The normalized spacial score (nSPS) is 26.1. The zero-order valence-corrected chi connectivity index (χ0v) is 18.4. The number of aromatic nitrogens is 4. The predicted octanol–water partition coefficient (Wildman–Crippen LogP) is 0.798. The molecule has 1 aliphatic rings. The Morgan fingerprint density at radius 2 is 2.17 bits per heavy atom. The number of benzene rings is 1. The van der Waals surface area contributed by atoms with Gasteiger partial charge < -0.3 is 25.6 Å². The number of fused-ring (bicyclic) bond motifs is 1. The lowest BCUT2D eigenvalue weighted by atomic mass is 9.96. The van der Waals surface area contributed by atoms with Gasteiger partial charge in [-0.15, -0.1) is 0 Å². The average Bonchev–Trinajstić information content (AvgIpc) is 3.25. The molecule has 2 aromatic heterocycles. The fraction of sp³-hybridized carbons (Fsp3) is 0.368. The first-order valence-corrected chi connectivity index (χ1v) is 10.3. The SMILES string of the molecule is CNC(=O)[C@H]1O[C@@H](n2cnc3c(NCc4cccc(I)c4)ncnc32)[C@](C)(O)[C@@H]1O. The second-order valence-corrected chi connectivity index (χ2v) is 8.47. The van der Waals surface area contributed by atoms with E-state index in [9.17, 15) is 15.0 Å². The van der Waals surface area contributed by atoms with Gasteiger partial charge in [-0.3, -0.25) is 9.36 Å². The Bertz CT molecular complexity index is 1090. The maximum Gasteiger partial charge on any atom is 0.251 e. The van der Waals surface area contributed by atoms with Crippen LogP contribution >= 0.6 is 22.6 Å². The summed E-state index contributed by atoms with van der Waals surface area (Å²) < 4.78 is 8.34. The van der Waals surface area contributed by atoms with Crippen LogP contribution < -0.4 is 10.6 Å². The van der Waals surface area contributed by atoms with Crippen LogP contribution in [-0.4, -0.2) is 60.5 Å². The van der Waals surface area contributed by atoms with Crippen LogP contribution in [0, 0.1) is 3.57 Å². The van der Waals surface area contributed by atoms with E-state index in [1.807, 2.05) is 18.2 Å². The number of aliphatic hydroxyl groups is 2. The Balaban J connectivity index is 1.64. The van der Waals surface area contributed by atoms with E-state index in [0.717, 1.165) is 9.13 Å². The molecular formula is C19H21IN6O4. The Hall–Kier alpha value is -2.35. The number of aliphatic hydroxyl groups excluding tert-OH is 1. The maximum atomic E-state index is 12.0. The summed E-state index contributed by atoms with van der Waals surface area (Å²) >= 11 is 2.26. The highest BCUT2D eigenvalue weighted by Gasteiger charge is 2.55. The van der Waals surface area contributed by atoms with Crippen LogP contribution in [0.25, 0.3) is 11.2 Å². The largest absolute Gasteiger partial charge is 0.387 e. The van der Waals surface area contributed by atoms with Gasteiger partial charge in [0.15, 0.2) is 29.3 Å². The molecule has 1 aliphatic heterocycles. The first-order valence-electron chi connectivity index (χ1n) is 9.26. The Labute approximate surface area is 185 Å². The number of nitrogens with one attached hydrogen (secondary N) is 2. The molecule has 11 heteroatoms. The van der Waals surface area contributed by atoms with E-state index < -0.39 is 29.9 Å². The summed E-state index contributed by atoms with van der Waals surface area (Å²) in [6.45, 7) is 1.96. The maximum absolute atomic E-state index is 12.0. The number of carbonyl (C=O) groups is 1. The van der Waals surface area contributed by atoms with Crippen LogP contribution in [0.15, 0.2) is 36.9 Å². The van der Waals surface area contributed by atoms with Gasteiger partial charge >= 0.3 is 0 Å². The predicted molar refractivity (Wildman–Crippen MR) is 116 cm³/mol. The molecule has 0 unspecified atom stereocenters. The Morgan fingerprint density at radius 1 is 1.37 bits per heavy atom. The second-order valence-electron chi connectivity index (χ2n) is 7.22. The van der Waals surface area contributed by atoms with Crippen molar-refractivity contribution in [1.82, 2.24) is 24.8 Å². The van der Waals surface area contributed by atoms with Crippen molar-refractivity contribution in [3.05, 3.63) is 46.1 Å². The molecule has 158 valence electrons. The molecule has 4 N–H and O–H groups in total. The molecule has 10 nitrogen and oxygen atoms in total. The molecule has 0 aliphatic carbocycles. The fourth-order valence-corrected chi connectivity index (χ4v) is 4.09. The zero-order valence-electron chi connectivity index (χ0n) is 16.3. The van der Waals surface area contributed by atoms with Gasteiger partial charge in [0.1, 0.15) is 18.0 Å². The van der Waals surface area contributed by atoms with Gasteiger partial charge in [0.2, 0.25) is 0 Å². The van der Waals surface area contributed by atoms with Crippen LogP contribution in [0.3, 0.4) is 0 Å². The van der Waals surface area contributed by atoms with E-state index in [1.165, 1.54) is 31.2 Å². The van der Waals surface area contributed by atoms with Gasteiger partial charge in [-0.1, -0.05) is 12.1 Å². The minimum absolute atomic E-state index is 0.408. The summed E-state index contributed by atoms with van der Waals surface area (Å²) in [4.78, 5) is 24.9. The Morgan fingerprint density at radius 3 is 2.90 bits per heavy atom. The molecule has 30 heavy (non-hydrogen) atoms. The van der Waals surface area contributed by atoms with Crippen molar-refractivity contribution in [3.8, 4) is 0 Å². The van der Waals surface area contributed by atoms with E-state index in [2.05, 4.69) is 54.2 Å². The van der Waals surface area contributed by atoms with Gasteiger partial charge in [-0.25, -0.2) is 15.0 Å². The number of likely N-dealkylation sites (N-methyl/N-ethyl adjacent to an activating group) is 1. The fourth-order valence-electron chi connectivity index (χ4n) is 3.48. The quantitative estimate of drug-likeness (QED) is 0.361. The number of halogens is 1. The topological polar surface area (TPSA) is 134 Å². The number of imidazole rings is 1. The van der Waals surface area contributed by atoms with Crippen molar-refractivity contribution in [2.75, 3.05) is 12.4 Å². The van der Waals surface area contributed by atoms with Crippen LogP contribution in [0.2, 0.25) is 0 Å². The third kappa shape index (κ3) is 3.62. The summed E-state index contributed by atoms with van der Waals surface area (Å²) in [7, 11) is 1.44. The second kappa shape index (κ2) is 8.06. The van der Waals surface area contributed by atoms with Crippen LogP contribution in [0.5, 0.6) is 0 Å². The smallest absolute Gasteiger partial charge is 0.251 e. The summed E-state index contributed by atoms with van der Waals surface area (Å²) in [5, 5.41) is 27.0. The van der Waals surface area contributed by atoms with E-state index in [-0.39, 0.29) is 0 Å². The van der Waals surface area contributed by atoms with E-state index in [1.54, 1.807) is 0 Å². The molecule has 1 aromatic carbocycles. The minimum atomic E-state index is -1.73. The number of nitrogens with zero attached hydrogens (tertiary/aromatic N) is 4. The van der Waals surface area contributed by atoms with E-state index in [4.69, 9.17) is 4.74 Å². The molecule has 3 aromatic rings. The molecule has 0 saturated carbocycles. The van der Waals surface area contributed by atoms with Crippen molar-refractivity contribution in [3.63, 3.8) is 0 Å². The lowest BCUT2D eigenvalue weighted by molar-refractivity contribution is -0.137. The highest BCUT2D eigenvalue weighted by Crippen LogP contribution is 2.39. The molecule has 1 saturated heterocycles. The molecule has 1 fully saturated rings. The average molecular weight is 524 g/mol. The summed E-state index contributed by atoms with van der Waals surface area (Å²) in [5.74, 6) is 0.00261. The summed E-state index contributed by atoms with van der Waals surface area (Å²) in [6, 6.07) is 8.07. The number of amides is 1. The number of carbonyl (C=O) groups excluding carboxylic acids is 1. The van der Waals surface area contributed by atoms with Crippen LogP contribution in [0.1, 0.15) is 18.7 Å². The van der Waals surface area contributed by atoms with Crippen LogP contribution in [-0.2, 0) is 16.1 Å². The van der Waals surface area contributed by atoms with Crippen molar-refractivity contribution in [2.24, 2.45) is 0 Å². The van der Waals surface area contributed by atoms with Gasteiger partial charge in [0.25, 0.3) is 5.91 Å². The Kier molecular flexibility index (Phi) is 5.61. The van der Waals surface area contributed by atoms with Crippen LogP contribution in [0.4, 0.5) is 5.82 Å². The highest BCUT2D eigenvalue weighted by atomic mass is 127. The third-order valence-electron chi connectivity index (χ3n) is 5.13. The number of rotatable bonds is 5.